The number of nitrogens with two attached hydrogens (primary N) is 1. The lowest BCUT2D eigenvalue weighted by Crippen LogP contribution is -2.12. The van der Waals surface area contributed by atoms with Crippen molar-refractivity contribution in [3.63, 3.8) is 0 Å². The van der Waals surface area contributed by atoms with Crippen LogP contribution in [0.15, 0.2) is 23.6 Å². The number of hydrogen-bond donors (Lipinski definition) is 1. The summed E-state index contributed by atoms with van der Waals surface area (Å²) in [5.41, 5.74) is 11.0. The zero-order valence-electron chi connectivity index (χ0n) is 12.1. The average molecular weight is 274 g/mol. The molecule has 3 heteroatoms. The second-order valence-corrected chi connectivity index (χ2v) is 6.52. The summed E-state index contributed by atoms with van der Waals surface area (Å²) in [4.78, 5) is 4.73. The van der Waals surface area contributed by atoms with Crippen molar-refractivity contribution in [2.75, 3.05) is 0 Å². The van der Waals surface area contributed by atoms with E-state index in [9.17, 15) is 0 Å². The van der Waals surface area contributed by atoms with Crippen LogP contribution < -0.4 is 5.73 Å². The summed E-state index contributed by atoms with van der Waals surface area (Å²) in [6, 6.07) is 6.54. The minimum atomic E-state index is 0.0591. The summed E-state index contributed by atoms with van der Waals surface area (Å²) in [7, 11) is 0. The van der Waals surface area contributed by atoms with Gasteiger partial charge in [-0.25, -0.2) is 4.98 Å². The van der Waals surface area contributed by atoms with Crippen molar-refractivity contribution in [1.29, 1.82) is 0 Å². The van der Waals surface area contributed by atoms with Gasteiger partial charge in [-0.2, -0.15) is 0 Å². The predicted molar refractivity (Wildman–Crippen MR) is 83.4 cm³/mol. The van der Waals surface area contributed by atoms with Gasteiger partial charge in [0.2, 0.25) is 0 Å². The Kier molecular flexibility index (Phi) is 4.38. The van der Waals surface area contributed by atoms with E-state index in [1.807, 2.05) is 0 Å². The van der Waals surface area contributed by atoms with Crippen LogP contribution in [0.5, 0.6) is 0 Å². The highest BCUT2D eigenvalue weighted by molar-refractivity contribution is 7.10. The lowest BCUT2D eigenvalue weighted by atomic mass is 10.0. The van der Waals surface area contributed by atoms with Crippen molar-refractivity contribution >= 4 is 11.3 Å². The molecule has 1 heterocycles. The minimum absolute atomic E-state index is 0.0591. The van der Waals surface area contributed by atoms with E-state index in [1.54, 1.807) is 11.3 Å². The van der Waals surface area contributed by atoms with Gasteiger partial charge < -0.3 is 5.73 Å². The zero-order valence-corrected chi connectivity index (χ0v) is 12.9. The standard InChI is InChI=1S/C16H22N2S/c1-10(2)7-14(17)16-18-15(9-19-16)13-8-11(3)5-6-12(13)4/h5-6,8-10,14H,7,17H2,1-4H3. The average Bonchev–Trinajstić information content (AvgIpc) is 2.80. The van der Waals surface area contributed by atoms with Gasteiger partial charge in [-0.1, -0.05) is 31.5 Å². The van der Waals surface area contributed by atoms with Gasteiger partial charge in [0.15, 0.2) is 0 Å². The molecule has 1 unspecified atom stereocenters. The van der Waals surface area contributed by atoms with Crippen molar-refractivity contribution in [2.45, 2.75) is 40.2 Å². The fourth-order valence-corrected chi connectivity index (χ4v) is 3.04. The zero-order chi connectivity index (χ0) is 14.0. The normalized spacial score (nSPS) is 12.9. The van der Waals surface area contributed by atoms with Gasteiger partial charge in [0.1, 0.15) is 5.01 Å². The van der Waals surface area contributed by atoms with Crippen molar-refractivity contribution in [1.82, 2.24) is 4.98 Å². The van der Waals surface area contributed by atoms with Gasteiger partial charge in [-0.3, -0.25) is 0 Å². The van der Waals surface area contributed by atoms with Crippen molar-refractivity contribution in [3.8, 4) is 11.3 Å². The van der Waals surface area contributed by atoms with E-state index in [4.69, 9.17) is 10.7 Å². The Hall–Kier alpha value is -1.19. The van der Waals surface area contributed by atoms with Crippen LogP contribution in [0.2, 0.25) is 0 Å². The molecule has 2 nitrogen and oxygen atoms in total. The fourth-order valence-electron chi connectivity index (χ4n) is 2.20. The molecule has 0 saturated heterocycles. The molecule has 1 aromatic carbocycles. The summed E-state index contributed by atoms with van der Waals surface area (Å²) >= 11 is 1.67. The highest BCUT2D eigenvalue weighted by atomic mass is 32.1. The summed E-state index contributed by atoms with van der Waals surface area (Å²) < 4.78 is 0. The number of hydrogen-bond acceptors (Lipinski definition) is 3. The fraction of sp³-hybridized carbons (Fsp3) is 0.438. The first-order valence-corrected chi connectivity index (χ1v) is 7.64. The number of rotatable bonds is 4. The lowest BCUT2D eigenvalue weighted by Gasteiger charge is -2.10. The van der Waals surface area contributed by atoms with Crippen LogP contribution in [0.4, 0.5) is 0 Å². The number of nitrogens with zero attached hydrogens (tertiary/aromatic N) is 1. The molecule has 0 radical (unpaired) electrons. The number of aromatic nitrogens is 1. The van der Waals surface area contributed by atoms with Gasteiger partial charge in [0.25, 0.3) is 0 Å². The van der Waals surface area contributed by atoms with Crippen LogP contribution in [-0.2, 0) is 0 Å². The molecule has 2 N–H and O–H groups in total. The summed E-state index contributed by atoms with van der Waals surface area (Å²) in [6.07, 6.45) is 0.986. The molecule has 1 atom stereocenters. The topological polar surface area (TPSA) is 38.9 Å². The van der Waals surface area contributed by atoms with Gasteiger partial charge in [0.05, 0.1) is 11.7 Å². The molecule has 2 aromatic rings. The molecule has 0 aliphatic carbocycles. The smallest absolute Gasteiger partial charge is 0.110 e. The number of thiazole rings is 1. The molecular formula is C16H22N2S. The quantitative estimate of drug-likeness (QED) is 0.893. The SMILES string of the molecule is Cc1ccc(C)c(-c2csc(C(N)CC(C)C)n2)c1. The molecule has 0 aliphatic rings. The van der Waals surface area contributed by atoms with Crippen molar-refractivity contribution < 1.29 is 0 Å². The van der Waals surface area contributed by atoms with Gasteiger partial charge in [-0.05, 0) is 37.8 Å². The Morgan fingerprint density at radius 1 is 1.26 bits per heavy atom. The number of aryl methyl sites for hydroxylation is 2. The highest BCUT2D eigenvalue weighted by Gasteiger charge is 2.14. The second kappa shape index (κ2) is 5.85. The Morgan fingerprint density at radius 3 is 2.68 bits per heavy atom. The maximum absolute atomic E-state index is 6.20. The molecule has 0 bridgehead atoms. The lowest BCUT2D eigenvalue weighted by molar-refractivity contribution is 0.508. The van der Waals surface area contributed by atoms with Gasteiger partial charge in [-0.15, -0.1) is 11.3 Å². The Labute approximate surface area is 119 Å². The molecule has 0 spiro atoms. The number of benzene rings is 1. The molecule has 1 aromatic heterocycles. The first-order chi connectivity index (χ1) is 8.97. The minimum Gasteiger partial charge on any atom is -0.322 e. The Bertz CT molecular complexity index is 558. The van der Waals surface area contributed by atoms with Crippen LogP contribution in [-0.4, -0.2) is 4.98 Å². The Morgan fingerprint density at radius 2 is 2.00 bits per heavy atom. The predicted octanol–water partition coefficient (Wildman–Crippen LogP) is 4.47. The molecule has 0 amide bonds. The molecular weight excluding hydrogens is 252 g/mol. The Balaban J connectivity index is 2.28. The molecule has 102 valence electrons. The van der Waals surface area contributed by atoms with Crippen LogP contribution in [0.1, 0.15) is 42.4 Å². The summed E-state index contributed by atoms with van der Waals surface area (Å²) in [5, 5.41) is 3.17. The third-order valence-electron chi connectivity index (χ3n) is 3.23. The maximum atomic E-state index is 6.20. The van der Waals surface area contributed by atoms with Crippen LogP contribution in [0, 0.1) is 19.8 Å². The van der Waals surface area contributed by atoms with Crippen molar-refractivity contribution in [2.24, 2.45) is 11.7 Å². The van der Waals surface area contributed by atoms with Gasteiger partial charge >= 0.3 is 0 Å². The van der Waals surface area contributed by atoms with E-state index in [0.29, 0.717) is 5.92 Å². The van der Waals surface area contributed by atoms with E-state index in [1.165, 1.54) is 16.7 Å². The molecule has 19 heavy (non-hydrogen) atoms. The third kappa shape index (κ3) is 3.43. The van der Waals surface area contributed by atoms with E-state index in [0.717, 1.165) is 17.1 Å². The van der Waals surface area contributed by atoms with Gasteiger partial charge in [0, 0.05) is 10.9 Å². The molecule has 0 saturated carbocycles. The monoisotopic (exact) mass is 274 g/mol. The largest absolute Gasteiger partial charge is 0.322 e. The maximum Gasteiger partial charge on any atom is 0.110 e. The van der Waals surface area contributed by atoms with Crippen LogP contribution in [0.25, 0.3) is 11.3 Å². The van der Waals surface area contributed by atoms with Crippen LogP contribution in [0.3, 0.4) is 0 Å². The summed E-state index contributed by atoms with van der Waals surface area (Å²) in [6.45, 7) is 8.63. The van der Waals surface area contributed by atoms with E-state index >= 15 is 0 Å². The summed E-state index contributed by atoms with van der Waals surface area (Å²) in [5.74, 6) is 0.600. The highest BCUT2D eigenvalue weighted by Crippen LogP contribution is 2.29. The molecule has 0 aliphatic heterocycles. The van der Waals surface area contributed by atoms with E-state index in [2.05, 4.69) is 51.3 Å². The molecule has 0 fully saturated rings. The first kappa shape index (κ1) is 14.2. The first-order valence-electron chi connectivity index (χ1n) is 6.76. The molecule has 2 rings (SSSR count). The second-order valence-electron chi connectivity index (χ2n) is 5.63. The van der Waals surface area contributed by atoms with Crippen LogP contribution >= 0.6 is 11.3 Å². The van der Waals surface area contributed by atoms with E-state index in [-0.39, 0.29) is 6.04 Å². The van der Waals surface area contributed by atoms with E-state index < -0.39 is 0 Å². The third-order valence-corrected chi connectivity index (χ3v) is 4.21. The van der Waals surface area contributed by atoms with Crippen molar-refractivity contribution in [3.05, 3.63) is 39.7 Å².